The molecular weight excluding hydrogens is 573 g/mol. The van der Waals surface area contributed by atoms with Crippen molar-refractivity contribution in [1.82, 2.24) is 0 Å². The fourth-order valence-electron chi connectivity index (χ4n) is 2.61. The van der Waals surface area contributed by atoms with Crippen LogP contribution in [-0.2, 0) is 33.0 Å². The number of nitrogens with zero attached hydrogens (tertiary/aromatic N) is 1. The van der Waals surface area contributed by atoms with Gasteiger partial charge < -0.3 is 66.5 Å². The van der Waals surface area contributed by atoms with Crippen LogP contribution >= 0.6 is 7.82 Å². The summed E-state index contributed by atoms with van der Waals surface area (Å²) in [6.45, 7) is -0.639. The topological polar surface area (TPSA) is 362 Å². The standard InChI is InChI=1S/C11H14NO9P.2C4H7NO4/c13-8-7(5-20-22(17,18)19)21-10(9(8)14)12-3-1-2-6(4-12)11(15)16;2*5-2(4(8)9)1-3(6)7/h1-4,7-10,13-14H,5H2,(H2-,15,16,17,18,19);2*2H,1,5H2,(H,6,7)(H,8,9)/t7-,8-,9-,10-;;/m1../s1. The van der Waals surface area contributed by atoms with Gasteiger partial charge in [0.1, 0.15) is 24.3 Å². The third kappa shape index (κ3) is 14.0. The van der Waals surface area contributed by atoms with Crippen LogP contribution in [0.15, 0.2) is 24.5 Å². The molecule has 6 atom stereocenters. The van der Waals surface area contributed by atoms with Crippen molar-refractivity contribution in [3.05, 3.63) is 30.1 Å². The molecule has 1 aromatic heterocycles. The molecular formula is C19H28N3O17P. The molecule has 2 unspecified atom stereocenters. The number of hydrogen-bond donors (Lipinski definition) is 10. The number of carboxylic acids is 5. The summed E-state index contributed by atoms with van der Waals surface area (Å²) in [7, 11) is -4.74. The first-order chi connectivity index (χ1) is 18.3. The van der Waals surface area contributed by atoms with E-state index in [1.165, 1.54) is 22.9 Å². The highest BCUT2D eigenvalue weighted by Gasteiger charge is 2.48. The Morgan fingerprint density at radius 3 is 1.80 bits per heavy atom. The number of phosphoric acid groups is 1. The minimum atomic E-state index is -4.74. The van der Waals surface area contributed by atoms with Crippen molar-refractivity contribution in [1.29, 1.82) is 0 Å². The van der Waals surface area contributed by atoms with E-state index in [-0.39, 0.29) is 5.56 Å². The van der Waals surface area contributed by atoms with Crippen LogP contribution in [0.5, 0.6) is 0 Å². The SMILES string of the molecule is NC(CC(=O)O)C(=O)O.NC(CC(=O)O)C(=O)O.O=C([O-])c1ccc[n+]([C@@H]2O[C@H](COP(=O)(O)O)[C@@H](O)[C@H]2O)c1. The van der Waals surface area contributed by atoms with Gasteiger partial charge in [0, 0.05) is 6.07 Å². The Balaban J connectivity index is 0.000000700. The van der Waals surface area contributed by atoms with E-state index in [9.17, 15) is 43.9 Å². The maximum atomic E-state index is 10.8. The Bertz CT molecular complexity index is 1060. The van der Waals surface area contributed by atoms with Crippen molar-refractivity contribution in [2.45, 2.75) is 49.5 Å². The number of rotatable bonds is 11. The van der Waals surface area contributed by atoms with Crippen LogP contribution in [0.3, 0.4) is 0 Å². The number of aliphatic hydroxyl groups is 2. The van der Waals surface area contributed by atoms with Crippen LogP contribution in [0.1, 0.15) is 29.4 Å². The normalized spacial score (nSPS) is 21.4. The lowest BCUT2D eigenvalue weighted by Gasteiger charge is -2.13. The molecule has 0 spiro atoms. The number of carboxylic acid groups (broad SMARTS) is 5. The molecule has 12 N–H and O–H groups in total. The van der Waals surface area contributed by atoms with Gasteiger partial charge in [-0.05, 0) is 6.07 Å². The molecule has 226 valence electrons. The molecule has 40 heavy (non-hydrogen) atoms. The molecule has 2 rings (SSSR count). The first-order valence-electron chi connectivity index (χ1n) is 10.6. The molecule has 0 aromatic carbocycles. The highest BCUT2D eigenvalue weighted by Crippen LogP contribution is 2.37. The summed E-state index contributed by atoms with van der Waals surface area (Å²) in [5, 5.41) is 62.6. The number of nitrogens with two attached hydrogens (primary N) is 2. The monoisotopic (exact) mass is 601 g/mol. The number of carbonyl (C=O) groups excluding carboxylic acids is 1. The van der Waals surface area contributed by atoms with Gasteiger partial charge in [0.15, 0.2) is 18.5 Å². The molecule has 1 fully saturated rings. The second-order valence-corrected chi connectivity index (χ2v) is 8.98. The molecule has 1 aliphatic rings. The zero-order chi connectivity index (χ0) is 31.4. The molecule has 1 saturated heterocycles. The van der Waals surface area contributed by atoms with Crippen molar-refractivity contribution in [3.63, 3.8) is 0 Å². The lowest BCUT2D eigenvalue weighted by atomic mass is 10.1. The van der Waals surface area contributed by atoms with Crippen LogP contribution in [-0.4, -0.2) is 107 Å². The summed E-state index contributed by atoms with van der Waals surface area (Å²) in [6, 6.07) is 0.0791. The number of phosphoric ester groups is 1. The number of hydrogen-bond acceptors (Lipinski definition) is 13. The molecule has 0 aliphatic carbocycles. The van der Waals surface area contributed by atoms with Gasteiger partial charge in [-0.25, -0.2) is 4.57 Å². The van der Waals surface area contributed by atoms with Gasteiger partial charge in [-0.1, -0.05) is 0 Å². The molecule has 0 amide bonds. The molecule has 1 aliphatic heterocycles. The van der Waals surface area contributed by atoms with Gasteiger partial charge in [0.2, 0.25) is 0 Å². The summed E-state index contributed by atoms with van der Waals surface area (Å²) in [5.74, 6) is -6.42. The summed E-state index contributed by atoms with van der Waals surface area (Å²) in [4.78, 5) is 67.3. The number of carbonyl (C=O) groups is 5. The minimum Gasteiger partial charge on any atom is -0.545 e. The number of aliphatic carboxylic acids is 4. The van der Waals surface area contributed by atoms with Crippen molar-refractivity contribution >= 4 is 37.7 Å². The highest BCUT2D eigenvalue weighted by molar-refractivity contribution is 7.46. The molecule has 21 heteroatoms. The molecule has 20 nitrogen and oxygen atoms in total. The Morgan fingerprint density at radius 1 is 0.975 bits per heavy atom. The molecule has 0 radical (unpaired) electrons. The van der Waals surface area contributed by atoms with Crippen LogP contribution < -0.4 is 21.1 Å². The van der Waals surface area contributed by atoms with Crippen molar-refractivity contribution in [2.75, 3.05) is 6.61 Å². The van der Waals surface area contributed by atoms with E-state index in [4.69, 9.17) is 46.4 Å². The number of aromatic carboxylic acids is 1. The summed E-state index contributed by atoms with van der Waals surface area (Å²) < 4.78 is 21.4. The predicted molar refractivity (Wildman–Crippen MR) is 121 cm³/mol. The minimum absolute atomic E-state index is 0.164. The fourth-order valence-corrected chi connectivity index (χ4v) is 2.95. The molecule has 2 heterocycles. The smallest absolute Gasteiger partial charge is 0.469 e. The van der Waals surface area contributed by atoms with Crippen molar-refractivity contribution < 1.29 is 87.9 Å². The zero-order valence-corrected chi connectivity index (χ0v) is 21.1. The average molecular weight is 601 g/mol. The fraction of sp³-hybridized carbons (Fsp3) is 0.474. The van der Waals surface area contributed by atoms with E-state index in [2.05, 4.69) is 4.52 Å². The number of aliphatic hydroxyl groups excluding tert-OH is 2. The van der Waals surface area contributed by atoms with Gasteiger partial charge >= 0.3 is 31.7 Å². The molecule has 0 saturated carbocycles. The average Bonchev–Trinajstić information content (AvgIpc) is 3.11. The Hall–Kier alpha value is -3.59. The molecule has 0 bridgehead atoms. The van der Waals surface area contributed by atoms with E-state index in [0.29, 0.717) is 0 Å². The third-order valence-electron chi connectivity index (χ3n) is 4.52. The van der Waals surface area contributed by atoms with Crippen LogP contribution in [0.4, 0.5) is 0 Å². The van der Waals surface area contributed by atoms with Crippen LogP contribution in [0.2, 0.25) is 0 Å². The maximum absolute atomic E-state index is 10.8. The Labute approximate surface area is 223 Å². The predicted octanol–water partition coefficient (Wildman–Crippen LogP) is -5.19. The van der Waals surface area contributed by atoms with E-state index < -0.39 is 93.7 Å². The number of aromatic nitrogens is 1. The Kier molecular flexibility index (Phi) is 15.0. The summed E-state index contributed by atoms with van der Waals surface area (Å²) >= 11 is 0. The lowest BCUT2D eigenvalue weighted by Crippen LogP contribution is -2.46. The quantitative estimate of drug-likeness (QED) is 0.0836. The largest absolute Gasteiger partial charge is 0.545 e. The van der Waals surface area contributed by atoms with E-state index >= 15 is 0 Å². The van der Waals surface area contributed by atoms with Gasteiger partial charge in [0.25, 0.3) is 6.23 Å². The molecule has 1 aromatic rings. The van der Waals surface area contributed by atoms with Gasteiger partial charge in [-0.15, -0.1) is 0 Å². The van der Waals surface area contributed by atoms with Crippen LogP contribution in [0, 0.1) is 0 Å². The first-order valence-corrected chi connectivity index (χ1v) is 12.1. The second kappa shape index (κ2) is 16.5. The maximum Gasteiger partial charge on any atom is 0.469 e. The first kappa shape index (κ1) is 36.4. The van der Waals surface area contributed by atoms with Gasteiger partial charge in [-0.3, -0.25) is 23.7 Å². The Morgan fingerprint density at radius 2 is 1.45 bits per heavy atom. The van der Waals surface area contributed by atoms with Crippen molar-refractivity contribution in [2.24, 2.45) is 11.5 Å². The van der Waals surface area contributed by atoms with E-state index in [1.54, 1.807) is 0 Å². The lowest BCUT2D eigenvalue weighted by molar-refractivity contribution is -0.765. The second-order valence-electron chi connectivity index (χ2n) is 7.75. The highest BCUT2D eigenvalue weighted by atomic mass is 31.2. The van der Waals surface area contributed by atoms with E-state index in [1.807, 2.05) is 0 Å². The summed E-state index contributed by atoms with van der Waals surface area (Å²) in [5.41, 5.74) is 9.51. The van der Waals surface area contributed by atoms with Crippen molar-refractivity contribution in [3.8, 4) is 0 Å². The van der Waals surface area contributed by atoms with E-state index in [0.717, 1.165) is 6.20 Å². The third-order valence-corrected chi connectivity index (χ3v) is 5.00. The number of ether oxygens (including phenoxy) is 1. The van der Waals surface area contributed by atoms with Crippen LogP contribution in [0.25, 0.3) is 0 Å². The van der Waals surface area contributed by atoms with Gasteiger partial charge in [-0.2, -0.15) is 4.57 Å². The number of pyridine rings is 1. The summed E-state index contributed by atoms with van der Waals surface area (Å²) in [6.07, 6.45) is -3.75. The zero-order valence-electron chi connectivity index (χ0n) is 20.2. The van der Waals surface area contributed by atoms with Gasteiger partial charge in [0.05, 0.1) is 31.0 Å².